The fraction of sp³-hybridized carbons (Fsp3) is 0.450. The first kappa shape index (κ1) is 18.9. The first-order chi connectivity index (χ1) is 12.8. The lowest BCUT2D eigenvalue weighted by Gasteiger charge is -2.15. The molecule has 0 fully saturated rings. The summed E-state index contributed by atoms with van der Waals surface area (Å²) >= 11 is 0. The van der Waals surface area contributed by atoms with Gasteiger partial charge in [0.15, 0.2) is 0 Å². The number of nitroso groups, excluding NO2 is 1. The van der Waals surface area contributed by atoms with E-state index in [1.54, 1.807) is 7.11 Å². The highest BCUT2D eigenvalue weighted by Gasteiger charge is 2.41. The lowest BCUT2D eigenvalue weighted by molar-refractivity contribution is -0.549. The monoisotopic (exact) mass is 372 g/mol. The molecule has 3 rings (SSSR count). The number of benzene rings is 1. The van der Waals surface area contributed by atoms with Gasteiger partial charge in [0, 0.05) is 27.9 Å². The SMILES string of the molecule is COC1=C(Cc2c(C)[nH]c3ccc(OC)cc23)[N+](=O)CC(CC(C)C)=[N+]1[O-]. The van der Waals surface area contributed by atoms with Gasteiger partial charge in [0.1, 0.15) is 5.75 Å². The third-order valence-corrected chi connectivity index (χ3v) is 4.85. The number of fused-ring (bicyclic) bond motifs is 1. The molecule has 1 aliphatic heterocycles. The van der Waals surface area contributed by atoms with Crippen LogP contribution in [0.2, 0.25) is 0 Å². The number of nitrogens with zero attached hydrogens (tertiary/aromatic N) is 2. The van der Waals surface area contributed by atoms with Gasteiger partial charge < -0.3 is 19.7 Å². The largest absolute Gasteiger partial charge is 0.616 e. The van der Waals surface area contributed by atoms with Gasteiger partial charge in [-0.3, -0.25) is 0 Å². The molecule has 7 nitrogen and oxygen atoms in total. The van der Waals surface area contributed by atoms with Crippen molar-refractivity contribution in [3.05, 3.63) is 51.2 Å². The van der Waals surface area contributed by atoms with Crippen molar-refractivity contribution in [3.8, 4) is 5.75 Å². The maximum absolute atomic E-state index is 12.8. The number of H-pyrrole nitrogens is 1. The lowest BCUT2D eigenvalue weighted by Crippen LogP contribution is -2.35. The number of methoxy groups -OCH3 is 2. The molecular weight excluding hydrogens is 346 g/mol. The van der Waals surface area contributed by atoms with Crippen molar-refractivity contribution < 1.29 is 19.0 Å². The first-order valence-electron chi connectivity index (χ1n) is 9.04. The first-order valence-corrected chi connectivity index (χ1v) is 9.04. The fourth-order valence-corrected chi connectivity index (χ4v) is 3.56. The molecule has 2 heterocycles. The zero-order valence-electron chi connectivity index (χ0n) is 16.5. The van der Waals surface area contributed by atoms with Crippen LogP contribution in [0, 0.1) is 23.0 Å². The van der Waals surface area contributed by atoms with Gasteiger partial charge in [-0.2, -0.15) is 0 Å². The number of nitrogens with one attached hydrogen (secondary N) is 1. The predicted molar refractivity (Wildman–Crippen MR) is 104 cm³/mol. The number of aromatic nitrogens is 1. The van der Waals surface area contributed by atoms with Crippen LogP contribution in [0.1, 0.15) is 31.5 Å². The second-order valence-electron chi connectivity index (χ2n) is 7.27. The molecule has 1 aliphatic rings. The topological polar surface area (TPSA) is 80.4 Å². The summed E-state index contributed by atoms with van der Waals surface area (Å²) in [7, 11) is 3.05. The summed E-state index contributed by atoms with van der Waals surface area (Å²) in [5.41, 5.74) is 3.73. The highest BCUT2D eigenvalue weighted by atomic mass is 16.6. The maximum Gasteiger partial charge on any atom is 0.453 e. The van der Waals surface area contributed by atoms with E-state index in [-0.39, 0.29) is 18.3 Å². The highest BCUT2D eigenvalue weighted by molar-refractivity contribution is 5.86. The van der Waals surface area contributed by atoms with E-state index in [1.165, 1.54) is 7.11 Å². The second-order valence-corrected chi connectivity index (χ2v) is 7.27. The Hall–Kier alpha value is -2.83. The predicted octanol–water partition coefficient (Wildman–Crippen LogP) is 3.63. The number of aryl methyl sites for hydroxylation is 1. The van der Waals surface area contributed by atoms with Crippen LogP contribution in [0.4, 0.5) is 0 Å². The van der Waals surface area contributed by atoms with Crippen LogP contribution in [0.5, 0.6) is 5.75 Å². The normalized spacial score (nSPS) is 15.3. The molecule has 0 spiro atoms. The van der Waals surface area contributed by atoms with Gasteiger partial charge in [0.05, 0.1) is 25.4 Å². The van der Waals surface area contributed by atoms with Gasteiger partial charge in [0.25, 0.3) is 6.54 Å². The van der Waals surface area contributed by atoms with Gasteiger partial charge in [-0.15, -0.1) is 4.74 Å². The molecule has 1 aromatic heterocycles. The van der Waals surface area contributed by atoms with Crippen LogP contribution in [-0.4, -0.2) is 41.0 Å². The minimum atomic E-state index is 0.0641. The maximum atomic E-state index is 12.8. The van der Waals surface area contributed by atoms with E-state index < -0.39 is 0 Å². The van der Waals surface area contributed by atoms with Crippen molar-refractivity contribution in [2.75, 3.05) is 20.8 Å². The Bertz CT molecular complexity index is 954. The molecule has 2 aromatic rings. The summed E-state index contributed by atoms with van der Waals surface area (Å²) in [6, 6.07) is 5.76. The smallest absolute Gasteiger partial charge is 0.453 e. The number of hydrogen-bond acceptors (Lipinski definition) is 4. The van der Waals surface area contributed by atoms with Gasteiger partial charge in [-0.25, -0.2) is 0 Å². The Labute approximate surface area is 158 Å². The van der Waals surface area contributed by atoms with E-state index in [2.05, 4.69) is 4.98 Å². The van der Waals surface area contributed by atoms with Crippen LogP contribution < -0.4 is 4.74 Å². The number of ether oxygens (including phenoxy) is 2. The Morgan fingerprint density at radius 1 is 1.26 bits per heavy atom. The van der Waals surface area contributed by atoms with Crippen molar-refractivity contribution in [1.29, 1.82) is 0 Å². The van der Waals surface area contributed by atoms with Gasteiger partial charge in [0.2, 0.25) is 5.71 Å². The summed E-state index contributed by atoms with van der Waals surface area (Å²) in [4.78, 5) is 16.1. The van der Waals surface area contributed by atoms with E-state index in [4.69, 9.17) is 9.47 Å². The molecule has 7 heteroatoms. The number of rotatable bonds is 6. The van der Waals surface area contributed by atoms with E-state index >= 15 is 0 Å². The van der Waals surface area contributed by atoms with E-state index in [0.29, 0.717) is 24.3 Å². The summed E-state index contributed by atoms with van der Waals surface area (Å²) in [5.74, 6) is 1.10. The average molecular weight is 372 g/mol. The Morgan fingerprint density at radius 2 is 2.00 bits per heavy atom. The van der Waals surface area contributed by atoms with Crippen LogP contribution in [0.3, 0.4) is 0 Å². The molecule has 0 radical (unpaired) electrons. The number of allylic oxidation sites excluding steroid dienone is 1. The molecule has 27 heavy (non-hydrogen) atoms. The third-order valence-electron chi connectivity index (χ3n) is 4.85. The van der Waals surface area contributed by atoms with E-state index in [0.717, 1.165) is 37.4 Å². The van der Waals surface area contributed by atoms with Crippen molar-refractivity contribution in [3.63, 3.8) is 0 Å². The summed E-state index contributed by atoms with van der Waals surface area (Å²) in [5, 5.41) is 13.7. The van der Waals surface area contributed by atoms with Crippen LogP contribution in [0.15, 0.2) is 29.8 Å². The van der Waals surface area contributed by atoms with Crippen LogP contribution in [-0.2, 0) is 11.2 Å². The Kier molecular flexibility index (Phi) is 5.21. The molecular formula is C20H26N3O4+. The number of aromatic amines is 1. The van der Waals surface area contributed by atoms with Gasteiger partial charge in [-0.1, -0.05) is 13.8 Å². The Balaban J connectivity index is 2.08. The molecule has 144 valence electrons. The number of hydrogen-bond donors (Lipinski definition) is 1. The number of hydroxylamine groups is 1. The lowest BCUT2D eigenvalue weighted by atomic mass is 10.0. The molecule has 1 N–H and O–H groups in total. The highest BCUT2D eigenvalue weighted by Crippen LogP contribution is 2.30. The van der Waals surface area contributed by atoms with Crippen molar-refractivity contribution in [1.82, 2.24) is 4.98 Å². The van der Waals surface area contributed by atoms with Gasteiger partial charge in [-0.05, 0) is 36.6 Å². The van der Waals surface area contributed by atoms with Crippen LogP contribution in [0.25, 0.3) is 10.9 Å². The second kappa shape index (κ2) is 7.42. The summed E-state index contributed by atoms with van der Waals surface area (Å²) < 4.78 is 12.3. The van der Waals surface area contributed by atoms with E-state index in [1.807, 2.05) is 39.0 Å². The zero-order valence-corrected chi connectivity index (χ0v) is 16.5. The van der Waals surface area contributed by atoms with Crippen molar-refractivity contribution >= 4 is 16.6 Å². The summed E-state index contributed by atoms with van der Waals surface area (Å²) in [6.45, 7) is 6.06. The molecule has 0 bridgehead atoms. The molecule has 0 saturated heterocycles. The Morgan fingerprint density at radius 3 is 2.63 bits per heavy atom. The molecule has 0 unspecified atom stereocenters. The standard InChI is InChI=1S/C20H26N3O4/c1-12(2)8-14-11-22(24)19(20(27-5)23(14)25)10-16-13(3)21-18-7-6-15(26-4)9-17(16)18/h6-7,9,12,21H,8,10-11H2,1-5H3/q+1. The summed E-state index contributed by atoms with van der Waals surface area (Å²) in [6.07, 6.45) is 0.866. The molecule has 0 saturated carbocycles. The third kappa shape index (κ3) is 3.54. The minimum Gasteiger partial charge on any atom is -0.616 e. The quantitative estimate of drug-likeness (QED) is 0.620. The molecule has 0 amide bonds. The van der Waals surface area contributed by atoms with Crippen molar-refractivity contribution in [2.45, 2.75) is 33.6 Å². The van der Waals surface area contributed by atoms with Gasteiger partial charge >= 0.3 is 11.6 Å². The molecule has 1 aromatic carbocycles. The van der Waals surface area contributed by atoms with Crippen LogP contribution >= 0.6 is 0 Å². The zero-order chi connectivity index (χ0) is 19.7. The minimum absolute atomic E-state index is 0.0641. The average Bonchev–Trinajstić information content (AvgIpc) is 2.93. The van der Waals surface area contributed by atoms with E-state index in [9.17, 15) is 10.1 Å². The fourth-order valence-electron chi connectivity index (χ4n) is 3.56. The molecule has 0 atom stereocenters. The van der Waals surface area contributed by atoms with Crippen molar-refractivity contribution in [2.24, 2.45) is 5.92 Å². The molecule has 0 aliphatic carbocycles.